The van der Waals surface area contributed by atoms with Crippen molar-refractivity contribution in [3.63, 3.8) is 0 Å². The van der Waals surface area contributed by atoms with Crippen LogP contribution in [0.1, 0.15) is 26.1 Å². The zero-order chi connectivity index (χ0) is 8.82. The average molecular weight is 168 g/mol. The molecule has 1 atom stereocenters. The predicted molar refractivity (Wildman–Crippen MR) is 41.3 cm³/mol. The molecule has 5 heteroatoms. The van der Waals surface area contributed by atoms with Crippen LogP contribution in [0.4, 0.5) is 0 Å². The Morgan fingerprint density at radius 1 is 1.58 bits per heavy atom. The van der Waals surface area contributed by atoms with Gasteiger partial charge in [-0.1, -0.05) is 19.1 Å². The van der Waals surface area contributed by atoms with Crippen LogP contribution in [0, 0.1) is 5.41 Å². The van der Waals surface area contributed by atoms with Crippen LogP contribution in [-0.4, -0.2) is 32.3 Å². The minimum atomic E-state index is -0.250. The van der Waals surface area contributed by atoms with E-state index in [2.05, 4.69) is 34.5 Å². The minimum absolute atomic E-state index is 0.0968. The lowest BCUT2D eigenvalue weighted by atomic mass is 9.96. The highest BCUT2D eigenvalue weighted by molar-refractivity contribution is 5.26. The summed E-state index contributed by atoms with van der Waals surface area (Å²) in [5, 5.41) is 23.0. The molecule has 66 valence electrons. The Kier molecular flexibility index (Phi) is 1.30. The molecular weight excluding hydrogens is 156 g/mol. The van der Waals surface area contributed by atoms with Gasteiger partial charge in [-0.3, -0.25) is 0 Å². The molecule has 0 spiro atoms. The number of aliphatic hydroxyl groups excluding tert-OH is 1. The molecule has 0 amide bonds. The second-order valence-electron chi connectivity index (χ2n) is 4.04. The summed E-state index contributed by atoms with van der Waals surface area (Å²) in [4.78, 5) is 0. The number of nitrogens with zero attached hydrogens (tertiary/aromatic N) is 3. The lowest BCUT2D eigenvalue weighted by Crippen LogP contribution is -2.21. The summed E-state index contributed by atoms with van der Waals surface area (Å²) in [6.45, 7) is 4.29. The third-order valence-electron chi connectivity index (χ3n) is 2.96. The van der Waals surface area contributed by atoms with E-state index < -0.39 is 0 Å². The van der Waals surface area contributed by atoms with E-state index in [1.165, 1.54) is 0 Å². The topological polar surface area (TPSA) is 74.7 Å². The van der Waals surface area contributed by atoms with Crippen molar-refractivity contribution < 1.29 is 5.11 Å². The van der Waals surface area contributed by atoms with Gasteiger partial charge in [0, 0.05) is 0 Å². The highest BCUT2D eigenvalue weighted by Crippen LogP contribution is 2.62. The van der Waals surface area contributed by atoms with Crippen molar-refractivity contribution in [3.05, 3.63) is 5.82 Å². The van der Waals surface area contributed by atoms with Gasteiger partial charge in [-0.2, -0.15) is 5.21 Å². The van der Waals surface area contributed by atoms with Crippen molar-refractivity contribution in [3.8, 4) is 0 Å². The number of aromatic amines is 1. The third kappa shape index (κ3) is 0.741. The summed E-state index contributed by atoms with van der Waals surface area (Å²) in [6, 6.07) is 0. The second kappa shape index (κ2) is 2.04. The van der Waals surface area contributed by atoms with Crippen molar-refractivity contribution in [2.75, 3.05) is 6.61 Å². The Balaban J connectivity index is 2.34. The van der Waals surface area contributed by atoms with E-state index in [1.807, 2.05) is 0 Å². The number of nitrogens with one attached hydrogen (secondary N) is 1. The first-order chi connectivity index (χ1) is 5.62. The molecule has 1 fully saturated rings. The summed E-state index contributed by atoms with van der Waals surface area (Å²) in [7, 11) is 0. The predicted octanol–water partition coefficient (Wildman–Crippen LogP) is -0.140. The number of tetrazole rings is 1. The van der Waals surface area contributed by atoms with Crippen LogP contribution in [0.2, 0.25) is 0 Å². The van der Waals surface area contributed by atoms with Crippen LogP contribution in [0.3, 0.4) is 0 Å². The molecule has 12 heavy (non-hydrogen) atoms. The Hall–Kier alpha value is -0.970. The molecule has 0 saturated heterocycles. The Morgan fingerprint density at radius 2 is 2.25 bits per heavy atom. The summed E-state index contributed by atoms with van der Waals surface area (Å²) in [5.74, 6) is 0.634. The second-order valence-corrected chi connectivity index (χ2v) is 4.04. The number of rotatable bonds is 2. The summed E-state index contributed by atoms with van der Waals surface area (Å²) in [6.07, 6.45) is 0.927. The fourth-order valence-electron chi connectivity index (χ4n) is 1.80. The van der Waals surface area contributed by atoms with Gasteiger partial charge in [0.15, 0.2) is 5.82 Å². The average Bonchev–Trinajstić information content (AvgIpc) is 2.52. The Morgan fingerprint density at radius 3 is 2.58 bits per heavy atom. The molecule has 1 aliphatic rings. The van der Waals surface area contributed by atoms with Crippen LogP contribution < -0.4 is 0 Å². The molecule has 2 N–H and O–H groups in total. The van der Waals surface area contributed by atoms with Crippen LogP contribution in [0.15, 0.2) is 0 Å². The molecule has 0 radical (unpaired) electrons. The standard InChI is InChI=1S/C7H12N4O/c1-6(2)3-7(6,4-12)5-8-10-11-9-5/h12H,3-4H2,1-2H3,(H,8,9,10,11). The lowest BCUT2D eigenvalue weighted by molar-refractivity contribution is 0.225. The summed E-state index contributed by atoms with van der Waals surface area (Å²) < 4.78 is 0. The lowest BCUT2D eigenvalue weighted by Gasteiger charge is -2.11. The molecule has 1 aliphatic carbocycles. The first-order valence-corrected chi connectivity index (χ1v) is 3.97. The minimum Gasteiger partial charge on any atom is -0.395 e. The molecule has 1 heterocycles. The van der Waals surface area contributed by atoms with Gasteiger partial charge in [0.05, 0.1) is 12.0 Å². The third-order valence-corrected chi connectivity index (χ3v) is 2.96. The van der Waals surface area contributed by atoms with E-state index in [0.717, 1.165) is 6.42 Å². The normalized spacial score (nSPS) is 31.9. The Labute approximate surface area is 70.2 Å². The van der Waals surface area contributed by atoms with Gasteiger partial charge in [0.2, 0.25) is 0 Å². The smallest absolute Gasteiger partial charge is 0.183 e. The molecule has 1 aromatic heterocycles. The monoisotopic (exact) mass is 168 g/mol. The summed E-state index contributed by atoms with van der Waals surface area (Å²) in [5.41, 5.74) is -0.147. The van der Waals surface area contributed by atoms with Crippen LogP contribution in [0.5, 0.6) is 0 Å². The first kappa shape index (κ1) is 7.67. The molecule has 2 rings (SSSR count). The van der Waals surface area contributed by atoms with E-state index in [4.69, 9.17) is 0 Å². The quantitative estimate of drug-likeness (QED) is 0.644. The van der Waals surface area contributed by atoms with Crippen molar-refractivity contribution in [1.82, 2.24) is 20.6 Å². The van der Waals surface area contributed by atoms with Crippen molar-refractivity contribution >= 4 is 0 Å². The van der Waals surface area contributed by atoms with Gasteiger partial charge in [-0.05, 0) is 11.8 Å². The number of aromatic nitrogens is 4. The zero-order valence-electron chi connectivity index (χ0n) is 7.20. The van der Waals surface area contributed by atoms with Gasteiger partial charge in [0.1, 0.15) is 0 Å². The van der Waals surface area contributed by atoms with E-state index in [0.29, 0.717) is 5.82 Å². The molecule has 0 aliphatic heterocycles. The van der Waals surface area contributed by atoms with E-state index in [1.54, 1.807) is 0 Å². The van der Waals surface area contributed by atoms with Gasteiger partial charge >= 0.3 is 0 Å². The number of hydrogen-bond acceptors (Lipinski definition) is 4. The Bertz CT molecular complexity index is 282. The first-order valence-electron chi connectivity index (χ1n) is 3.97. The molecule has 1 unspecified atom stereocenters. The van der Waals surface area contributed by atoms with E-state index in [9.17, 15) is 5.11 Å². The molecule has 5 nitrogen and oxygen atoms in total. The van der Waals surface area contributed by atoms with Crippen molar-refractivity contribution in [1.29, 1.82) is 0 Å². The SMILES string of the molecule is CC1(C)CC1(CO)c1nn[nH]n1. The fraction of sp³-hybridized carbons (Fsp3) is 0.857. The van der Waals surface area contributed by atoms with Gasteiger partial charge in [-0.25, -0.2) is 0 Å². The highest BCUT2D eigenvalue weighted by atomic mass is 16.3. The number of aliphatic hydroxyl groups is 1. The molecule has 1 saturated carbocycles. The van der Waals surface area contributed by atoms with Gasteiger partial charge < -0.3 is 5.11 Å². The number of hydrogen-bond donors (Lipinski definition) is 2. The largest absolute Gasteiger partial charge is 0.395 e. The van der Waals surface area contributed by atoms with Crippen LogP contribution in [-0.2, 0) is 5.41 Å². The van der Waals surface area contributed by atoms with Gasteiger partial charge in [-0.15, -0.1) is 10.2 Å². The molecular formula is C7H12N4O. The fourth-order valence-corrected chi connectivity index (χ4v) is 1.80. The maximum absolute atomic E-state index is 9.24. The molecule has 1 aromatic rings. The molecule has 0 bridgehead atoms. The number of H-pyrrole nitrogens is 1. The van der Waals surface area contributed by atoms with Crippen LogP contribution >= 0.6 is 0 Å². The van der Waals surface area contributed by atoms with Crippen molar-refractivity contribution in [2.45, 2.75) is 25.7 Å². The molecule has 0 aromatic carbocycles. The van der Waals surface area contributed by atoms with E-state index >= 15 is 0 Å². The van der Waals surface area contributed by atoms with Crippen molar-refractivity contribution in [2.24, 2.45) is 5.41 Å². The highest BCUT2D eigenvalue weighted by Gasteiger charge is 2.64. The zero-order valence-corrected chi connectivity index (χ0v) is 7.20. The van der Waals surface area contributed by atoms with Crippen LogP contribution in [0.25, 0.3) is 0 Å². The summed E-state index contributed by atoms with van der Waals surface area (Å²) >= 11 is 0. The van der Waals surface area contributed by atoms with Gasteiger partial charge in [0.25, 0.3) is 0 Å². The maximum Gasteiger partial charge on any atom is 0.183 e. The van der Waals surface area contributed by atoms with E-state index in [-0.39, 0.29) is 17.4 Å². The maximum atomic E-state index is 9.24.